The summed E-state index contributed by atoms with van der Waals surface area (Å²) < 4.78 is 0.693. The van der Waals surface area contributed by atoms with Gasteiger partial charge in [0.15, 0.2) is 4.34 Å². The zero-order chi connectivity index (χ0) is 15.5. The van der Waals surface area contributed by atoms with Gasteiger partial charge in [-0.2, -0.15) is 0 Å². The van der Waals surface area contributed by atoms with Crippen LogP contribution in [0.2, 0.25) is 0 Å². The first kappa shape index (κ1) is 14.8. The largest absolute Gasteiger partial charge is 0.374 e. The summed E-state index contributed by atoms with van der Waals surface area (Å²) in [6, 6.07) is 13.9. The lowest BCUT2D eigenvalue weighted by atomic mass is 10.1. The zero-order valence-corrected chi connectivity index (χ0v) is 13.4. The first-order chi connectivity index (χ1) is 10.6. The van der Waals surface area contributed by atoms with E-state index in [-0.39, 0.29) is 11.2 Å². The summed E-state index contributed by atoms with van der Waals surface area (Å²) in [6.45, 7) is 1.83. The van der Waals surface area contributed by atoms with Gasteiger partial charge in [-0.05, 0) is 29.8 Å². The number of carbonyl (C=O) groups is 1. The Morgan fingerprint density at radius 1 is 1.23 bits per heavy atom. The van der Waals surface area contributed by atoms with Crippen molar-refractivity contribution in [2.45, 2.75) is 16.5 Å². The average Bonchev–Trinajstić information content (AvgIpc) is 2.92. The van der Waals surface area contributed by atoms with E-state index in [0.29, 0.717) is 9.47 Å². The molecule has 0 unspecified atom stereocenters. The van der Waals surface area contributed by atoms with Crippen molar-refractivity contribution in [3.8, 4) is 0 Å². The number of hydrogen-bond acceptors (Lipinski definition) is 6. The minimum Gasteiger partial charge on any atom is -0.374 e. The lowest BCUT2D eigenvalue weighted by Gasteiger charge is -2.11. The molecule has 1 aromatic heterocycles. The van der Waals surface area contributed by atoms with E-state index >= 15 is 0 Å². The summed E-state index contributed by atoms with van der Waals surface area (Å²) in [5.41, 5.74) is 6.32. The first-order valence-electron chi connectivity index (χ1n) is 6.67. The fourth-order valence-electron chi connectivity index (χ4n) is 1.98. The molecule has 7 heteroatoms. The lowest BCUT2D eigenvalue weighted by molar-refractivity contribution is -0.115. The molecule has 3 N–H and O–H groups in total. The Morgan fingerprint density at radius 2 is 2.00 bits per heavy atom. The smallest absolute Gasteiger partial charge is 0.237 e. The molecular weight excluding hydrogens is 316 g/mol. The molecule has 0 saturated carbocycles. The number of rotatable bonds is 4. The van der Waals surface area contributed by atoms with E-state index in [0.717, 1.165) is 16.5 Å². The van der Waals surface area contributed by atoms with Gasteiger partial charge in [0.1, 0.15) is 0 Å². The molecule has 0 saturated heterocycles. The molecule has 3 aromatic rings. The summed E-state index contributed by atoms with van der Waals surface area (Å²) in [6.07, 6.45) is 0. The second kappa shape index (κ2) is 6.33. The fourth-order valence-corrected chi connectivity index (χ4v) is 3.76. The number of amides is 1. The Kier molecular flexibility index (Phi) is 4.26. The van der Waals surface area contributed by atoms with Crippen LogP contribution in [0.25, 0.3) is 10.8 Å². The minimum atomic E-state index is -0.279. The number of nitrogens with one attached hydrogen (secondary N) is 1. The highest BCUT2D eigenvalue weighted by Crippen LogP contribution is 2.28. The van der Waals surface area contributed by atoms with Gasteiger partial charge in [-0.25, -0.2) is 0 Å². The third-order valence-electron chi connectivity index (χ3n) is 3.09. The topological polar surface area (TPSA) is 80.9 Å². The molecule has 0 radical (unpaired) electrons. The van der Waals surface area contributed by atoms with Gasteiger partial charge in [0, 0.05) is 5.69 Å². The van der Waals surface area contributed by atoms with E-state index < -0.39 is 0 Å². The molecule has 3 rings (SSSR count). The number of thioether (sulfide) groups is 1. The monoisotopic (exact) mass is 330 g/mol. The maximum absolute atomic E-state index is 12.3. The second-order valence-corrected chi connectivity index (χ2v) is 7.31. The van der Waals surface area contributed by atoms with Crippen LogP contribution in [0.3, 0.4) is 0 Å². The highest BCUT2D eigenvalue weighted by atomic mass is 32.2. The van der Waals surface area contributed by atoms with Gasteiger partial charge < -0.3 is 11.1 Å². The van der Waals surface area contributed by atoms with Crippen molar-refractivity contribution in [3.63, 3.8) is 0 Å². The average molecular weight is 330 g/mol. The molecule has 22 heavy (non-hydrogen) atoms. The number of nitrogens with zero attached hydrogens (tertiary/aromatic N) is 2. The van der Waals surface area contributed by atoms with E-state index in [4.69, 9.17) is 5.73 Å². The number of nitrogens with two attached hydrogens (primary N) is 1. The van der Waals surface area contributed by atoms with Crippen LogP contribution in [-0.2, 0) is 4.79 Å². The van der Waals surface area contributed by atoms with Gasteiger partial charge in [0.05, 0.1) is 5.25 Å². The fraction of sp³-hybridized carbons (Fsp3) is 0.133. The number of carbonyl (C=O) groups excluding carboxylic acids is 1. The zero-order valence-electron chi connectivity index (χ0n) is 11.8. The molecule has 0 bridgehead atoms. The molecule has 0 aliphatic heterocycles. The van der Waals surface area contributed by atoms with E-state index in [9.17, 15) is 4.79 Å². The second-order valence-electron chi connectivity index (χ2n) is 4.72. The first-order valence-corrected chi connectivity index (χ1v) is 8.37. The lowest BCUT2D eigenvalue weighted by Crippen LogP contribution is -2.22. The number of fused-ring (bicyclic) bond motifs is 1. The predicted molar refractivity (Wildman–Crippen MR) is 92.2 cm³/mol. The standard InChI is InChI=1S/C15H14N4OS2/c1-9(21-15-19-18-14(16)22-15)13(20)17-12-7-6-10-4-2-3-5-11(10)8-12/h2-9H,1H3,(H2,16,18)(H,17,20)/t9-/m0/s1. The predicted octanol–water partition coefficient (Wildman–Crippen LogP) is 3.39. The van der Waals surface area contributed by atoms with Crippen LogP contribution in [0.15, 0.2) is 46.8 Å². The number of aromatic nitrogens is 2. The number of benzene rings is 2. The summed E-state index contributed by atoms with van der Waals surface area (Å²) in [5, 5.41) is 12.9. The van der Waals surface area contributed by atoms with Crippen molar-refractivity contribution in [2.24, 2.45) is 0 Å². The third-order valence-corrected chi connectivity index (χ3v) is 5.02. The van der Waals surface area contributed by atoms with Crippen LogP contribution in [-0.4, -0.2) is 21.4 Å². The van der Waals surface area contributed by atoms with Crippen LogP contribution in [0, 0.1) is 0 Å². The SMILES string of the molecule is C[C@H](Sc1nnc(N)s1)C(=O)Nc1ccc2ccccc2c1. The van der Waals surface area contributed by atoms with E-state index in [1.165, 1.54) is 23.1 Å². The number of hydrogen-bond donors (Lipinski definition) is 2. The molecular formula is C15H14N4OS2. The number of anilines is 2. The summed E-state index contributed by atoms with van der Waals surface area (Å²) in [7, 11) is 0. The van der Waals surface area contributed by atoms with Gasteiger partial charge in [-0.1, -0.05) is 53.4 Å². The minimum absolute atomic E-state index is 0.0750. The van der Waals surface area contributed by atoms with Crippen LogP contribution in [0.1, 0.15) is 6.92 Å². The maximum atomic E-state index is 12.3. The Hall–Kier alpha value is -2.12. The Balaban J connectivity index is 1.69. The maximum Gasteiger partial charge on any atom is 0.237 e. The van der Waals surface area contributed by atoms with Crippen molar-refractivity contribution in [1.29, 1.82) is 0 Å². The molecule has 0 fully saturated rings. The molecule has 0 spiro atoms. The van der Waals surface area contributed by atoms with E-state index in [2.05, 4.69) is 15.5 Å². The van der Waals surface area contributed by atoms with Crippen molar-refractivity contribution < 1.29 is 4.79 Å². The van der Waals surface area contributed by atoms with Crippen LogP contribution >= 0.6 is 23.1 Å². The number of nitrogen functional groups attached to an aromatic ring is 1. The van der Waals surface area contributed by atoms with Crippen LogP contribution in [0.4, 0.5) is 10.8 Å². The molecule has 2 aromatic carbocycles. The molecule has 0 aliphatic carbocycles. The van der Waals surface area contributed by atoms with Crippen molar-refractivity contribution >= 4 is 50.6 Å². The van der Waals surface area contributed by atoms with Gasteiger partial charge in [-0.3, -0.25) is 4.79 Å². The molecule has 1 atom stereocenters. The van der Waals surface area contributed by atoms with Crippen molar-refractivity contribution in [2.75, 3.05) is 11.1 Å². The van der Waals surface area contributed by atoms with Crippen LogP contribution in [0.5, 0.6) is 0 Å². The highest BCUT2D eigenvalue weighted by Gasteiger charge is 2.17. The summed E-state index contributed by atoms with van der Waals surface area (Å²) >= 11 is 2.63. The van der Waals surface area contributed by atoms with E-state index in [1.54, 1.807) is 0 Å². The van der Waals surface area contributed by atoms with Gasteiger partial charge in [0.2, 0.25) is 11.0 Å². The van der Waals surface area contributed by atoms with Gasteiger partial charge >= 0.3 is 0 Å². The third kappa shape index (κ3) is 3.37. The Bertz CT molecular complexity index is 818. The Morgan fingerprint density at radius 3 is 2.73 bits per heavy atom. The normalized spacial score (nSPS) is 12.2. The molecule has 0 aliphatic rings. The Labute approximate surface area is 135 Å². The highest BCUT2D eigenvalue weighted by molar-refractivity contribution is 8.02. The summed E-state index contributed by atoms with van der Waals surface area (Å²) in [5.74, 6) is -0.0750. The van der Waals surface area contributed by atoms with Crippen LogP contribution < -0.4 is 11.1 Å². The van der Waals surface area contributed by atoms with Crippen molar-refractivity contribution in [1.82, 2.24) is 10.2 Å². The molecule has 112 valence electrons. The molecule has 5 nitrogen and oxygen atoms in total. The quantitative estimate of drug-likeness (QED) is 0.717. The van der Waals surface area contributed by atoms with Gasteiger partial charge in [0.25, 0.3) is 0 Å². The van der Waals surface area contributed by atoms with E-state index in [1.807, 2.05) is 49.4 Å². The van der Waals surface area contributed by atoms with Gasteiger partial charge in [-0.15, -0.1) is 10.2 Å². The summed E-state index contributed by atoms with van der Waals surface area (Å²) in [4.78, 5) is 12.3. The molecule has 1 heterocycles. The van der Waals surface area contributed by atoms with Crippen molar-refractivity contribution in [3.05, 3.63) is 42.5 Å². The molecule has 1 amide bonds.